The number of benzene rings is 2. The smallest absolute Gasteiger partial charge is 0.276 e. The van der Waals surface area contributed by atoms with E-state index in [1.165, 1.54) is 5.56 Å². The van der Waals surface area contributed by atoms with E-state index in [1.54, 1.807) is 12.1 Å². The fourth-order valence-electron chi connectivity index (χ4n) is 2.29. The van der Waals surface area contributed by atoms with E-state index in [-0.39, 0.29) is 6.61 Å². The van der Waals surface area contributed by atoms with Crippen molar-refractivity contribution in [2.45, 2.75) is 33.1 Å². The van der Waals surface area contributed by atoms with E-state index in [0.717, 1.165) is 20.9 Å². The van der Waals surface area contributed by atoms with Crippen molar-refractivity contribution in [1.82, 2.24) is 10.9 Å². The standard InChI is InChI=1S/C20H22Br2N2O3/c1-4-12(2)14-7-8-18(17(22)9-14)27-11-19(25)23-24-20(26)15-6-5-13(3)16(21)10-15/h5-10,12H,4,11H2,1-3H3,(H,23,25)(H,24,26). The maximum Gasteiger partial charge on any atom is 0.276 e. The van der Waals surface area contributed by atoms with Gasteiger partial charge in [0.2, 0.25) is 0 Å². The van der Waals surface area contributed by atoms with Crippen LogP contribution in [0.5, 0.6) is 5.75 Å². The Balaban J connectivity index is 1.85. The van der Waals surface area contributed by atoms with Crippen molar-refractivity contribution in [1.29, 1.82) is 0 Å². The zero-order chi connectivity index (χ0) is 20.0. The van der Waals surface area contributed by atoms with E-state index >= 15 is 0 Å². The van der Waals surface area contributed by atoms with Crippen molar-refractivity contribution in [3.8, 4) is 5.75 Å². The number of rotatable bonds is 6. The molecule has 5 nitrogen and oxygen atoms in total. The first-order valence-corrected chi connectivity index (χ1v) is 10.2. The highest BCUT2D eigenvalue weighted by Crippen LogP contribution is 2.30. The van der Waals surface area contributed by atoms with Crippen molar-refractivity contribution < 1.29 is 14.3 Å². The van der Waals surface area contributed by atoms with Crippen LogP contribution in [-0.2, 0) is 4.79 Å². The van der Waals surface area contributed by atoms with Gasteiger partial charge in [0.15, 0.2) is 6.61 Å². The maximum atomic E-state index is 12.1. The van der Waals surface area contributed by atoms with Gasteiger partial charge in [-0.25, -0.2) is 0 Å². The summed E-state index contributed by atoms with van der Waals surface area (Å²) < 4.78 is 7.14. The Hall–Kier alpha value is -1.86. The van der Waals surface area contributed by atoms with Crippen molar-refractivity contribution >= 4 is 43.7 Å². The highest BCUT2D eigenvalue weighted by molar-refractivity contribution is 9.10. The van der Waals surface area contributed by atoms with Crippen LogP contribution in [0.15, 0.2) is 45.3 Å². The molecule has 2 amide bonds. The third kappa shape index (κ3) is 6.07. The first-order chi connectivity index (χ1) is 12.8. The fraction of sp³-hybridized carbons (Fsp3) is 0.300. The predicted octanol–water partition coefficient (Wildman–Crippen LogP) is 4.87. The van der Waals surface area contributed by atoms with Gasteiger partial charge in [0, 0.05) is 10.0 Å². The molecule has 144 valence electrons. The summed E-state index contributed by atoms with van der Waals surface area (Å²) in [6.07, 6.45) is 1.05. The average Bonchev–Trinajstić information content (AvgIpc) is 2.66. The first-order valence-electron chi connectivity index (χ1n) is 8.59. The van der Waals surface area contributed by atoms with E-state index in [1.807, 2.05) is 31.2 Å². The molecule has 0 radical (unpaired) electrons. The number of hydrogen-bond acceptors (Lipinski definition) is 3. The van der Waals surface area contributed by atoms with Crippen LogP contribution in [-0.4, -0.2) is 18.4 Å². The third-order valence-corrected chi connectivity index (χ3v) is 5.72. The normalized spacial score (nSPS) is 11.6. The van der Waals surface area contributed by atoms with Gasteiger partial charge in [-0.2, -0.15) is 0 Å². The Labute approximate surface area is 176 Å². The molecule has 0 saturated carbocycles. The number of ether oxygens (including phenoxy) is 1. The molecule has 0 aliphatic carbocycles. The van der Waals surface area contributed by atoms with E-state index in [2.05, 4.69) is 56.6 Å². The van der Waals surface area contributed by atoms with Gasteiger partial charge >= 0.3 is 0 Å². The molecular formula is C20H22Br2N2O3. The molecular weight excluding hydrogens is 476 g/mol. The third-order valence-electron chi connectivity index (χ3n) is 4.25. The second kappa shape index (κ2) is 9.90. The molecule has 7 heteroatoms. The van der Waals surface area contributed by atoms with E-state index in [0.29, 0.717) is 17.2 Å². The lowest BCUT2D eigenvalue weighted by Gasteiger charge is -2.13. The minimum Gasteiger partial charge on any atom is -0.483 e. The molecule has 2 aromatic carbocycles. The Morgan fingerprint density at radius 2 is 1.81 bits per heavy atom. The molecule has 2 N–H and O–H groups in total. The lowest BCUT2D eigenvalue weighted by Crippen LogP contribution is -2.43. The van der Waals surface area contributed by atoms with Crippen molar-refractivity contribution in [3.63, 3.8) is 0 Å². The summed E-state index contributed by atoms with van der Waals surface area (Å²) in [6, 6.07) is 11.0. The largest absolute Gasteiger partial charge is 0.483 e. The van der Waals surface area contributed by atoms with Crippen molar-refractivity contribution in [2.75, 3.05) is 6.61 Å². The molecule has 0 aliphatic heterocycles. The molecule has 0 fully saturated rings. The number of nitrogens with one attached hydrogen (secondary N) is 2. The van der Waals surface area contributed by atoms with Crippen LogP contribution in [0.4, 0.5) is 0 Å². The molecule has 0 aromatic heterocycles. The molecule has 0 saturated heterocycles. The zero-order valence-electron chi connectivity index (χ0n) is 15.4. The zero-order valence-corrected chi connectivity index (χ0v) is 18.6. The van der Waals surface area contributed by atoms with Gasteiger partial charge in [-0.1, -0.05) is 41.9 Å². The molecule has 2 aromatic rings. The molecule has 1 unspecified atom stereocenters. The molecule has 0 spiro atoms. The van der Waals surface area contributed by atoms with Gasteiger partial charge in [0.1, 0.15) is 5.75 Å². The monoisotopic (exact) mass is 496 g/mol. The molecule has 1 atom stereocenters. The van der Waals surface area contributed by atoms with E-state index in [4.69, 9.17) is 4.74 Å². The summed E-state index contributed by atoms with van der Waals surface area (Å²) >= 11 is 6.85. The summed E-state index contributed by atoms with van der Waals surface area (Å²) in [7, 11) is 0. The lowest BCUT2D eigenvalue weighted by molar-refractivity contribution is -0.123. The van der Waals surface area contributed by atoms with Gasteiger partial charge in [-0.15, -0.1) is 0 Å². The van der Waals surface area contributed by atoms with E-state index < -0.39 is 11.8 Å². The summed E-state index contributed by atoms with van der Waals surface area (Å²) in [5.74, 6) is 0.178. The Morgan fingerprint density at radius 1 is 1.07 bits per heavy atom. The van der Waals surface area contributed by atoms with Crippen LogP contribution in [0, 0.1) is 6.92 Å². The first kappa shape index (κ1) is 21.4. The number of hydrazine groups is 1. The van der Waals surface area contributed by atoms with Gasteiger partial charge in [0.25, 0.3) is 11.8 Å². The predicted molar refractivity (Wildman–Crippen MR) is 113 cm³/mol. The summed E-state index contributed by atoms with van der Waals surface area (Å²) in [5, 5.41) is 0. The average molecular weight is 498 g/mol. The Bertz CT molecular complexity index is 840. The molecule has 0 bridgehead atoms. The number of halogens is 2. The molecule has 0 heterocycles. The van der Waals surface area contributed by atoms with Crippen LogP contribution in [0.1, 0.15) is 47.7 Å². The van der Waals surface area contributed by atoms with E-state index in [9.17, 15) is 9.59 Å². The van der Waals surface area contributed by atoms with Gasteiger partial charge < -0.3 is 4.74 Å². The second-order valence-corrected chi connectivity index (χ2v) is 7.96. The van der Waals surface area contributed by atoms with Crippen LogP contribution >= 0.6 is 31.9 Å². The van der Waals surface area contributed by atoms with Gasteiger partial charge in [0.05, 0.1) is 4.47 Å². The van der Waals surface area contributed by atoms with Crippen molar-refractivity contribution in [2.24, 2.45) is 0 Å². The minimum atomic E-state index is -0.451. The minimum absolute atomic E-state index is 0.209. The number of carbonyl (C=O) groups excluding carboxylic acids is 2. The number of carbonyl (C=O) groups is 2. The SMILES string of the molecule is CCC(C)c1ccc(OCC(=O)NNC(=O)c2ccc(C)c(Br)c2)c(Br)c1. The second-order valence-electron chi connectivity index (χ2n) is 6.25. The topological polar surface area (TPSA) is 67.4 Å². The lowest BCUT2D eigenvalue weighted by atomic mass is 9.99. The highest BCUT2D eigenvalue weighted by atomic mass is 79.9. The van der Waals surface area contributed by atoms with Gasteiger partial charge in [-0.05, 0) is 70.6 Å². The Morgan fingerprint density at radius 3 is 2.44 bits per heavy atom. The van der Waals surface area contributed by atoms with Crippen LogP contribution < -0.4 is 15.6 Å². The Kier molecular flexibility index (Phi) is 7.86. The van der Waals surface area contributed by atoms with Crippen LogP contribution in [0.2, 0.25) is 0 Å². The number of amides is 2. The summed E-state index contributed by atoms with van der Waals surface area (Å²) in [6.45, 7) is 6.01. The fourth-order valence-corrected chi connectivity index (χ4v) is 3.18. The van der Waals surface area contributed by atoms with Crippen LogP contribution in [0.3, 0.4) is 0 Å². The van der Waals surface area contributed by atoms with Crippen LogP contribution in [0.25, 0.3) is 0 Å². The summed E-state index contributed by atoms with van der Waals surface area (Å²) in [4.78, 5) is 24.0. The highest BCUT2D eigenvalue weighted by Gasteiger charge is 2.11. The number of aryl methyl sites for hydroxylation is 1. The van der Waals surface area contributed by atoms with Gasteiger partial charge in [-0.3, -0.25) is 20.4 Å². The molecule has 27 heavy (non-hydrogen) atoms. The maximum absolute atomic E-state index is 12.1. The molecule has 0 aliphatic rings. The van der Waals surface area contributed by atoms with Crippen molar-refractivity contribution in [3.05, 3.63) is 62.0 Å². The molecule has 2 rings (SSSR count). The quantitative estimate of drug-likeness (QED) is 0.559. The summed E-state index contributed by atoms with van der Waals surface area (Å²) in [5.41, 5.74) is 7.40. The number of hydrogen-bond donors (Lipinski definition) is 2.